The first-order valence-electron chi connectivity index (χ1n) is 7.32. The van der Waals surface area contributed by atoms with Crippen molar-refractivity contribution in [2.75, 3.05) is 13.1 Å². The Morgan fingerprint density at radius 2 is 1.96 bits per heavy atom. The first-order valence-corrected chi connectivity index (χ1v) is 7.32. The van der Waals surface area contributed by atoms with Gasteiger partial charge in [-0.05, 0) is 6.92 Å². The highest BCUT2D eigenvalue weighted by molar-refractivity contribution is 5.92. The summed E-state index contributed by atoms with van der Waals surface area (Å²) in [5.74, 6) is 1.28. The predicted molar refractivity (Wildman–Crippen MR) is 79.6 cm³/mol. The maximum Gasteiger partial charge on any atom is 0.292 e. The smallest absolute Gasteiger partial charge is 0.292 e. The molecule has 0 aliphatic carbocycles. The number of aryl methyl sites for hydroxylation is 1. The molecule has 1 aliphatic rings. The molecule has 4 rings (SSSR count). The molecule has 23 heavy (non-hydrogen) atoms. The number of hydrogen-bond donors (Lipinski definition) is 0. The molecule has 7 heteroatoms. The van der Waals surface area contributed by atoms with Gasteiger partial charge in [0.2, 0.25) is 17.5 Å². The molecule has 1 aliphatic heterocycles. The number of hydrogen-bond acceptors (Lipinski definition) is 6. The van der Waals surface area contributed by atoms with Gasteiger partial charge in [-0.15, -0.1) is 0 Å². The van der Waals surface area contributed by atoms with Crippen LogP contribution in [0.25, 0.3) is 11.4 Å². The summed E-state index contributed by atoms with van der Waals surface area (Å²) in [6, 6.07) is 11.3. The van der Waals surface area contributed by atoms with Crippen LogP contribution in [0.4, 0.5) is 0 Å². The minimum absolute atomic E-state index is 0.0629. The molecule has 0 N–H and O–H groups in total. The summed E-state index contributed by atoms with van der Waals surface area (Å²) in [6.07, 6.45) is 0. The van der Waals surface area contributed by atoms with Crippen molar-refractivity contribution in [3.05, 3.63) is 53.7 Å². The van der Waals surface area contributed by atoms with E-state index in [1.54, 1.807) is 17.9 Å². The molecule has 0 atom stereocenters. The molecule has 0 bridgehead atoms. The van der Waals surface area contributed by atoms with Crippen LogP contribution in [0.3, 0.4) is 0 Å². The van der Waals surface area contributed by atoms with E-state index in [2.05, 4.69) is 15.3 Å². The van der Waals surface area contributed by atoms with Crippen LogP contribution in [0, 0.1) is 6.92 Å². The van der Waals surface area contributed by atoms with Crippen LogP contribution in [-0.4, -0.2) is 39.2 Å². The van der Waals surface area contributed by atoms with E-state index in [0.717, 1.165) is 5.56 Å². The molecular weight excluding hydrogens is 296 g/mol. The highest BCUT2D eigenvalue weighted by Crippen LogP contribution is 2.28. The molecule has 1 fully saturated rings. The van der Waals surface area contributed by atoms with Crippen LogP contribution >= 0.6 is 0 Å². The number of likely N-dealkylation sites (tertiary alicyclic amines) is 1. The van der Waals surface area contributed by atoms with Gasteiger partial charge in [0, 0.05) is 24.7 Å². The Hall–Kier alpha value is -2.96. The lowest BCUT2D eigenvalue weighted by molar-refractivity contribution is 0.0527. The zero-order chi connectivity index (χ0) is 15.8. The van der Waals surface area contributed by atoms with Crippen LogP contribution in [0.15, 0.2) is 45.4 Å². The lowest BCUT2D eigenvalue weighted by atomic mass is 10.00. The second kappa shape index (κ2) is 5.35. The standard InChI is InChI=1S/C16H14N4O3/c1-10-7-13(22-18-10)16(21)20-8-12(9-20)15-17-14(19-23-15)11-5-3-2-4-6-11/h2-7,12H,8-9H2,1H3. The number of nitrogens with zero attached hydrogens (tertiary/aromatic N) is 4. The fourth-order valence-corrected chi connectivity index (χ4v) is 2.53. The van der Waals surface area contributed by atoms with E-state index < -0.39 is 0 Å². The molecule has 1 amide bonds. The molecule has 2 aromatic heterocycles. The van der Waals surface area contributed by atoms with Crippen molar-refractivity contribution >= 4 is 5.91 Å². The minimum Gasteiger partial charge on any atom is -0.351 e. The highest BCUT2D eigenvalue weighted by atomic mass is 16.5. The molecule has 3 aromatic rings. The molecule has 0 saturated carbocycles. The van der Waals surface area contributed by atoms with E-state index >= 15 is 0 Å². The summed E-state index contributed by atoms with van der Waals surface area (Å²) < 4.78 is 10.3. The Labute approximate surface area is 131 Å². The average Bonchev–Trinajstić information content (AvgIpc) is 3.16. The zero-order valence-corrected chi connectivity index (χ0v) is 12.5. The molecular formula is C16H14N4O3. The Morgan fingerprint density at radius 3 is 2.65 bits per heavy atom. The average molecular weight is 310 g/mol. The van der Waals surface area contributed by atoms with Gasteiger partial charge in [0.25, 0.3) is 5.91 Å². The van der Waals surface area contributed by atoms with E-state index in [-0.39, 0.29) is 17.6 Å². The zero-order valence-electron chi connectivity index (χ0n) is 12.5. The molecule has 0 spiro atoms. The SMILES string of the molecule is Cc1cc(C(=O)N2CC(c3nc(-c4ccccc4)no3)C2)on1. The molecule has 0 unspecified atom stereocenters. The predicted octanol–water partition coefficient (Wildman–Crippen LogP) is 2.27. The van der Waals surface area contributed by atoms with Crippen molar-refractivity contribution < 1.29 is 13.8 Å². The quantitative estimate of drug-likeness (QED) is 0.737. The van der Waals surface area contributed by atoms with Gasteiger partial charge in [-0.2, -0.15) is 4.98 Å². The topological polar surface area (TPSA) is 85.3 Å². The van der Waals surface area contributed by atoms with Gasteiger partial charge < -0.3 is 13.9 Å². The molecule has 3 heterocycles. The number of amides is 1. The van der Waals surface area contributed by atoms with E-state index in [9.17, 15) is 4.79 Å². The van der Waals surface area contributed by atoms with Gasteiger partial charge in [-0.1, -0.05) is 40.6 Å². The van der Waals surface area contributed by atoms with Crippen LogP contribution < -0.4 is 0 Å². The Kier molecular flexibility index (Phi) is 3.18. The summed E-state index contributed by atoms with van der Waals surface area (Å²) in [6.45, 7) is 2.85. The van der Waals surface area contributed by atoms with Gasteiger partial charge in [0.15, 0.2) is 0 Å². The number of aromatic nitrogens is 3. The summed E-state index contributed by atoms with van der Waals surface area (Å²) in [4.78, 5) is 18.3. The fraction of sp³-hybridized carbons (Fsp3) is 0.250. The molecule has 116 valence electrons. The van der Waals surface area contributed by atoms with Crippen LogP contribution in [-0.2, 0) is 0 Å². The lowest BCUT2D eigenvalue weighted by Crippen LogP contribution is -2.48. The summed E-state index contributed by atoms with van der Waals surface area (Å²) >= 11 is 0. The van der Waals surface area contributed by atoms with Gasteiger partial charge in [0.1, 0.15) is 0 Å². The van der Waals surface area contributed by atoms with E-state index in [1.165, 1.54) is 0 Å². The summed E-state index contributed by atoms with van der Waals surface area (Å²) in [5.41, 5.74) is 1.60. The van der Waals surface area contributed by atoms with Crippen molar-refractivity contribution in [3.8, 4) is 11.4 Å². The van der Waals surface area contributed by atoms with Gasteiger partial charge >= 0.3 is 0 Å². The summed E-state index contributed by atoms with van der Waals surface area (Å²) in [7, 11) is 0. The molecule has 1 aromatic carbocycles. The van der Waals surface area contributed by atoms with Crippen LogP contribution in [0.5, 0.6) is 0 Å². The fourth-order valence-electron chi connectivity index (χ4n) is 2.53. The summed E-state index contributed by atoms with van der Waals surface area (Å²) in [5, 5.41) is 7.73. The Balaban J connectivity index is 1.42. The van der Waals surface area contributed by atoms with Gasteiger partial charge in [0.05, 0.1) is 11.6 Å². The number of rotatable bonds is 3. The number of carbonyl (C=O) groups is 1. The van der Waals surface area contributed by atoms with Crippen molar-refractivity contribution in [2.24, 2.45) is 0 Å². The number of benzene rings is 1. The largest absolute Gasteiger partial charge is 0.351 e. The Morgan fingerprint density at radius 1 is 1.17 bits per heavy atom. The van der Waals surface area contributed by atoms with Crippen molar-refractivity contribution in [1.82, 2.24) is 20.2 Å². The van der Waals surface area contributed by atoms with Crippen molar-refractivity contribution in [2.45, 2.75) is 12.8 Å². The van der Waals surface area contributed by atoms with E-state index in [4.69, 9.17) is 9.05 Å². The molecule has 0 radical (unpaired) electrons. The second-order valence-electron chi connectivity index (χ2n) is 5.56. The normalized spacial score (nSPS) is 14.7. The monoisotopic (exact) mass is 310 g/mol. The third kappa shape index (κ3) is 2.50. The highest BCUT2D eigenvalue weighted by Gasteiger charge is 2.37. The molecule has 1 saturated heterocycles. The first-order chi connectivity index (χ1) is 11.2. The Bertz CT molecular complexity index is 834. The van der Waals surface area contributed by atoms with Crippen LogP contribution in [0.2, 0.25) is 0 Å². The number of carbonyl (C=O) groups excluding carboxylic acids is 1. The molecule has 7 nitrogen and oxygen atoms in total. The first kappa shape index (κ1) is 13.7. The van der Waals surface area contributed by atoms with E-state index in [0.29, 0.717) is 30.5 Å². The van der Waals surface area contributed by atoms with Gasteiger partial charge in [-0.3, -0.25) is 4.79 Å². The third-order valence-corrected chi connectivity index (χ3v) is 3.83. The third-order valence-electron chi connectivity index (χ3n) is 3.83. The maximum absolute atomic E-state index is 12.2. The van der Waals surface area contributed by atoms with Gasteiger partial charge in [-0.25, -0.2) is 0 Å². The lowest BCUT2D eigenvalue weighted by Gasteiger charge is -2.36. The van der Waals surface area contributed by atoms with Crippen molar-refractivity contribution in [3.63, 3.8) is 0 Å². The van der Waals surface area contributed by atoms with Crippen molar-refractivity contribution in [1.29, 1.82) is 0 Å². The maximum atomic E-state index is 12.2. The van der Waals surface area contributed by atoms with E-state index in [1.807, 2.05) is 30.3 Å². The minimum atomic E-state index is -0.162. The van der Waals surface area contributed by atoms with Crippen LogP contribution in [0.1, 0.15) is 28.1 Å². The second-order valence-corrected chi connectivity index (χ2v) is 5.56.